The van der Waals surface area contributed by atoms with Crippen molar-refractivity contribution in [1.29, 1.82) is 0 Å². The molecule has 7 heteroatoms. The molecule has 1 aliphatic rings. The SMILES string of the molecule is CC(C)c1cc(=O)n2c(n1)SCC2CC(=O)Nc1ccccc1Cl. The van der Waals surface area contributed by atoms with Crippen LogP contribution in [0.3, 0.4) is 0 Å². The summed E-state index contributed by atoms with van der Waals surface area (Å²) in [5, 5.41) is 3.99. The Morgan fingerprint density at radius 3 is 2.92 bits per heavy atom. The molecule has 2 heterocycles. The molecule has 3 rings (SSSR count). The molecule has 0 bridgehead atoms. The lowest BCUT2D eigenvalue weighted by Gasteiger charge is -2.14. The highest BCUT2D eigenvalue weighted by atomic mass is 35.5. The zero-order valence-electron chi connectivity index (χ0n) is 13.5. The van der Waals surface area contributed by atoms with Gasteiger partial charge in [0.1, 0.15) is 0 Å². The van der Waals surface area contributed by atoms with Crippen LogP contribution in [0.1, 0.15) is 37.9 Å². The number of amides is 1. The van der Waals surface area contributed by atoms with Crippen LogP contribution >= 0.6 is 23.4 Å². The first-order chi connectivity index (χ1) is 11.5. The van der Waals surface area contributed by atoms with Crippen molar-refractivity contribution in [3.8, 4) is 0 Å². The maximum Gasteiger partial charge on any atom is 0.254 e. The van der Waals surface area contributed by atoms with E-state index < -0.39 is 0 Å². The summed E-state index contributed by atoms with van der Waals surface area (Å²) in [6, 6.07) is 8.47. The van der Waals surface area contributed by atoms with Gasteiger partial charge in [0, 0.05) is 18.2 Å². The van der Waals surface area contributed by atoms with Gasteiger partial charge in [0.2, 0.25) is 5.91 Å². The standard InChI is InChI=1S/C17H18ClN3O2S/c1-10(2)14-8-16(23)21-11(9-24-17(21)20-14)7-15(22)19-13-6-4-3-5-12(13)18/h3-6,8,10-11H,7,9H2,1-2H3,(H,19,22). The predicted molar refractivity (Wildman–Crippen MR) is 97.0 cm³/mol. The van der Waals surface area contributed by atoms with Crippen molar-refractivity contribution in [1.82, 2.24) is 9.55 Å². The summed E-state index contributed by atoms with van der Waals surface area (Å²) in [7, 11) is 0. The lowest BCUT2D eigenvalue weighted by molar-refractivity contribution is -0.116. The number of thioether (sulfide) groups is 1. The number of hydrogen-bond donors (Lipinski definition) is 1. The fraction of sp³-hybridized carbons (Fsp3) is 0.353. The molecule has 0 fully saturated rings. The van der Waals surface area contributed by atoms with Gasteiger partial charge < -0.3 is 5.32 Å². The van der Waals surface area contributed by atoms with Crippen LogP contribution in [0.5, 0.6) is 0 Å². The van der Waals surface area contributed by atoms with Gasteiger partial charge in [-0.25, -0.2) is 4.98 Å². The van der Waals surface area contributed by atoms with Crippen LogP contribution in [-0.4, -0.2) is 21.2 Å². The van der Waals surface area contributed by atoms with E-state index in [2.05, 4.69) is 10.3 Å². The van der Waals surface area contributed by atoms with Gasteiger partial charge in [-0.2, -0.15) is 0 Å². The highest BCUT2D eigenvalue weighted by Crippen LogP contribution is 2.33. The first-order valence-electron chi connectivity index (χ1n) is 7.76. The molecule has 1 N–H and O–H groups in total. The van der Waals surface area contributed by atoms with Crippen molar-refractivity contribution in [2.75, 3.05) is 11.1 Å². The van der Waals surface area contributed by atoms with Crippen molar-refractivity contribution in [2.45, 2.75) is 37.4 Å². The fourth-order valence-corrected chi connectivity index (χ4v) is 3.93. The van der Waals surface area contributed by atoms with Crippen LogP contribution < -0.4 is 10.9 Å². The second kappa shape index (κ2) is 6.99. The number of para-hydroxylation sites is 1. The molecule has 0 spiro atoms. The number of fused-ring (bicyclic) bond motifs is 1. The minimum absolute atomic E-state index is 0.0933. The van der Waals surface area contributed by atoms with Crippen LogP contribution in [0.2, 0.25) is 5.02 Å². The fourth-order valence-electron chi connectivity index (χ4n) is 2.59. The van der Waals surface area contributed by atoms with E-state index in [0.717, 1.165) is 5.69 Å². The number of nitrogens with zero attached hydrogens (tertiary/aromatic N) is 2. The third kappa shape index (κ3) is 3.49. The third-order valence-electron chi connectivity index (χ3n) is 3.87. The lowest BCUT2D eigenvalue weighted by atomic mass is 10.1. The monoisotopic (exact) mass is 363 g/mol. The molecule has 1 aromatic heterocycles. The molecule has 2 aromatic rings. The summed E-state index contributed by atoms with van der Waals surface area (Å²) < 4.78 is 1.63. The van der Waals surface area contributed by atoms with E-state index in [9.17, 15) is 9.59 Å². The first kappa shape index (κ1) is 17.0. The highest BCUT2D eigenvalue weighted by Gasteiger charge is 2.28. The summed E-state index contributed by atoms with van der Waals surface area (Å²) in [6.45, 7) is 4.01. The van der Waals surface area contributed by atoms with E-state index in [0.29, 0.717) is 21.6 Å². The Kier molecular flexibility index (Phi) is 4.96. The molecular weight excluding hydrogens is 346 g/mol. The van der Waals surface area contributed by atoms with Crippen LogP contribution in [-0.2, 0) is 4.79 Å². The second-order valence-corrected chi connectivity index (χ2v) is 7.42. The minimum atomic E-state index is -0.186. The van der Waals surface area contributed by atoms with Gasteiger partial charge in [0.05, 0.1) is 22.4 Å². The minimum Gasteiger partial charge on any atom is -0.325 e. The van der Waals surface area contributed by atoms with E-state index in [-0.39, 0.29) is 29.8 Å². The molecule has 1 aromatic carbocycles. The van der Waals surface area contributed by atoms with Crippen LogP contribution in [0.4, 0.5) is 5.69 Å². The summed E-state index contributed by atoms with van der Waals surface area (Å²) in [6.07, 6.45) is 0.216. The average molecular weight is 364 g/mol. The Bertz CT molecular complexity index is 835. The topological polar surface area (TPSA) is 64.0 Å². The normalized spacial score (nSPS) is 16.2. The van der Waals surface area contributed by atoms with Gasteiger partial charge in [0.15, 0.2) is 5.16 Å². The number of anilines is 1. The zero-order chi connectivity index (χ0) is 17.3. The van der Waals surface area contributed by atoms with Gasteiger partial charge in [-0.15, -0.1) is 0 Å². The van der Waals surface area contributed by atoms with Crippen LogP contribution in [0, 0.1) is 0 Å². The van der Waals surface area contributed by atoms with E-state index in [1.165, 1.54) is 11.8 Å². The van der Waals surface area contributed by atoms with Crippen molar-refractivity contribution in [2.24, 2.45) is 0 Å². The number of nitrogens with one attached hydrogen (secondary N) is 1. The highest BCUT2D eigenvalue weighted by molar-refractivity contribution is 7.99. The van der Waals surface area contributed by atoms with E-state index in [4.69, 9.17) is 11.6 Å². The summed E-state index contributed by atoms with van der Waals surface area (Å²) in [5.41, 5.74) is 1.28. The van der Waals surface area contributed by atoms with Gasteiger partial charge in [-0.3, -0.25) is 14.2 Å². The molecule has 0 aliphatic carbocycles. The Hall–Kier alpha value is -1.79. The molecule has 126 valence electrons. The summed E-state index contributed by atoms with van der Waals surface area (Å²) in [5.74, 6) is 0.702. The van der Waals surface area contributed by atoms with Crippen molar-refractivity contribution in [3.05, 3.63) is 51.4 Å². The van der Waals surface area contributed by atoms with Crippen LogP contribution in [0.15, 0.2) is 40.3 Å². The van der Waals surface area contributed by atoms with Crippen molar-refractivity contribution in [3.63, 3.8) is 0 Å². The van der Waals surface area contributed by atoms with Crippen molar-refractivity contribution >= 4 is 35.0 Å². The smallest absolute Gasteiger partial charge is 0.254 e. The molecular formula is C17H18ClN3O2S. The number of aromatic nitrogens is 2. The Morgan fingerprint density at radius 1 is 1.46 bits per heavy atom. The van der Waals surface area contributed by atoms with E-state index in [1.54, 1.807) is 28.8 Å². The molecule has 5 nitrogen and oxygen atoms in total. The quantitative estimate of drug-likeness (QED) is 0.841. The molecule has 1 unspecified atom stereocenters. The second-order valence-electron chi connectivity index (χ2n) is 6.02. The predicted octanol–water partition coefficient (Wildman–Crippen LogP) is 3.70. The number of carbonyl (C=O) groups excluding carboxylic acids is 1. The van der Waals surface area contributed by atoms with Gasteiger partial charge in [0.25, 0.3) is 5.56 Å². The summed E-state index contributed by atoms with van der Waals surface area (Å²) in [4.78, 5) is 29.2. The molecule has 24 heavy (non-hydrogen) atoms. The van der Waals surface area contributed by atoms with Gasteiger partial charge in [-0.05, 0) is 18.1 Å². The number of hydrogen-bond acceptors (Lipinski definition) is 4. The molecule has 1 atom stereocenters. The van der Waals surface area contributed by atoms with Gasteiger partial charge >= 0.3 is 0 Å². The van der Waals surface area contributed by atoms with Gasteiger partial charge in [-0.1, -0.05) is 49.3 Å². The average Bonchev–Trinajstić information content (AvgIpc) is 2.93. The summed E-state index contributed by atoms with van der Waals surface area (Å²) >= 11 is 7.57. The molecule has 1 amide bonds. The van der Waals surface area contributed by atoms with Crippen LogP contribution in [0.25, 0.3) is 0 Å². The Labute approximate surface area is 149 Å². The maximum atomic E-state index is 12.4. The van der Waals surface area contributed by atoms with E-state index in [1.807, 2.05) is 19.9 Å². The first-order valence-corrected chi connectivity index (χ1v) is 9.12. The number of carbonyl (C=O) groups is 1. The van der Waals surface area contributed by atoms with Crippen molar-refractivity contribution < 1.29 is 4.79 Å². The van der Waals surface area contributed by atoms with E-state index >= 15 is 0 Å². The number of halogens is 1. The molecule has 0 saturated heterocycles. The molecule has 1 aliphatic heterocycles. The molecule has 0 radical (unpaired) electrons. The largest absolute Gasteiger partial charge is 0.325 e. The maximum absolute atomic E-state index is 12.4. The Balaban J connectivity index is 1.76. The Morgan fingerprint density at radius 2 is 2.21 bits per heavy atom. The lowest BCUT2D eigenvalue weighted by Crippen LogP contribution is -2.28. The zero-order valence-corrected chi connectivity index (χ0v) is 15.0. The number of benzene rings is 1. The molecule has 0 saturated carbocycles. The third-order valence-corrected chi connectivity index (χ3v) is 5.30. The number of rotatable bonds is 4.